The Kier molecular flexibility index (Phi) is 3.94. The first-order valence-electron chi connectivity index (χ1n) is 8.11. The van der Waals surface area contributed by atoms with Crippen molar-refractivity contribution >= 4 is 11.0 Å². The van der Waals surface area contributed by atoms with Crippen LogP contribution in [-0.4, -0.2) is 33.7 Å². The van der Waals surface area contributed by atoms with Gasteiger partial charge < -0.3 is 14.6 Å². The molecule has 0 atom stereocenters. The Morgan fingerprint density at radius 3 is 2.74 bits per heavy atom. The molecule has 1 N–H and O–H groups in total. The third kappa shape index (κ3) is 3.05. The van der Waals surface area contributed by atoms with Crippen LogP contribution in [0.3, 0.4) is 0 Å². The number of hydrogen-bond donors (Lipinski definition) is 1. The van der Waals surface area contributed by atoms with Crippen molar-refractivity contribution in [2.75, 3.05) is 13.1 Å². The number of rotatable bonds is 4. The molecule has 3 aromatic rings. The van der Waals surface area contributed by atoms with Gasteiger partial charge in [0.25, 0.3) is 0 Å². The summed E-state index contributed by atoms with van der Waals surface area (Å²) < 4.78 is 8.27. The van der Waals surface area contributed by atoms with E-state index in [1.165, 1.54) is 5.56 Å². The van der Waals surface area contributed by atoms with Gasteiger partial charge in [-0.1, -0.05) is 30.3 Å². The van der Waals surface area contributed by atoms with Crippen LogP contribution >= 0.6 is 0 Å². The minimum Gasteiger partial charge on any atom is -0.474 e. The molecule has 1 aliphatic heterocycles. The summed E-state index contributed by atoms with van der Waals surface area (Å²) in [5.41, 5.74) is 2.18. The second kappa shape index (κ2) is 6.38. The van der Waals surface area contributed by atoms with Gasteiger partial charge in [0.1, 0.15) is 18.1 Å². The lowest BCUT2D eigenvalue weighted by atomic mass is 10.1. The summed E-state index contributed by atoms with van der Waals surface area (Å²) in [7, 11) is 0. The number of nitrogens with zero attached hydrogens (tertiary/aromatic N) is 3. The predicted molar refractivity (Wildman–Crippen MR) is 89.6 cm³/mol. The van der Waals surface area contributed by atoms with E-state index in [4.69, 9.17) is 4.74 Å². The molecule has 118 valence electrons. The fourth-order valence-corrected chi connectivity index (χ4v) is 3.05. The Hall–Kier alpha value is -2.40. The molecule has 3 heterocycles. The van der Waals surface area contributed by atoms with Crippen LogP contribution < -0.4 is 10.1 Å². The molecule has 1 fully saturated rings. The standard InChI is InChI=1S/C18H20N4O/c1-2-4-14(5-3-1)12-22-11-8-16-17(22)20-13-21-18(16)23-15-6-9-19-10-7-15/h1-5,8,11,13,15,19H,6-7,9-10,12H2. The molecule has 1 aromatic carbocycles. The van der Waals surface area contributed by atoms with E-state index >= 15 is 0 Å². The summed E-state index contributed by atoms with van der Waals surface area (Å²) in [6.45, 7) is 2.82. The third-order valence-corrected chi connectivity index (χ3v) is 4.28. The van der Waals surface area contributed by atoms with Crippen molar-refractivity contribution < 1.29 is 4.74 Å². The molecule has 0 bridgehead atoms. The number of nitrogens with one attached hydrogen (secondary N) is 1. The van der Waals surface area contributed by atoms with Crippen LogP contribution in [-0.2, 0) is 6.54 Å². The molecule has 1 aliphatic rings. The molecule has 5 heteroatoms. The lowest BCUT2D eigenvalue weighted by molar-refractivity contribution is 0.158. The lowest BCUT2D eigenvalue weighted by Crippen LogP contribution is -2.34. The van der Waals surface area contributed by atoms with Gasteiger partial charge in [-0.2, -0.15) is 0 Å². The first-order valence-corrected chi connectivity index (χ1v) is 8.11. The van der Waals surface area contributed by atoms with Gasteiger partial charge in [0, 0.05) is 12.7 Å². The van der Waals surface area contributed by atoms with E-state index in [-0.39, 0.29) is 6.10 Å². The van der Waals surface area contributed by atoms with E-state index in [0.717, 1.165) is 43.5 Å². The number of hydrogen-bond acceptors (Lipinski definition) is 4. The Morgan fingerprint density at radius 2 is 1.91 bits per heavy atom. The zero-order valence-corrected chi connectivity index (χ0v) is 13.0. The van der Waals surface area contributed by atoms with Gasteiger partial charge in [0.05, 0.1) is 5.39 Å². The van der Waals surface area contributed by atoms with Crippen LogP contribution in [0, 0.1) is 0 Å². The van der Waals surface area contributed by atoms with Crippen molar-refractivity contribution in [1.29, 1.82) is 0 Å². The molecule has 0 radical (unpaired) electrons. The van der Waals surface area contributed by atoms with Gasteiger partial charge in [0.15, 0.2) is 0 Å². The Labute approximate surface area is 135 Å². The van der Waals surface area contributed by atoms with Crippen molar-refractivity contribution in [1.82, 2.24) is 19.9 Å². The summed E-state index contributed by atoms with van der Waals surface area (Å²) in [6.07, 6.45) is 5.95. The first-order chi connectivity index (χ1) is 11.4. The first kappa shape index (κ1) is 14.2. The predicted octanol–water partition coefficient (Wildman–Crippen LogP) is 2.61. The van der Waals surface area contributed by atoms with Gasteiger partial charge in [0.2, 0.25) is 5.88 Å². The van der Waals surface area contributed by atoms with Crippen LogP contribution in [0.15, 0.2) is 48.9 Å². The van der Waals surface area contributed by atoms with E-state index in [0.29, 0.717) is 5.88 Å². The molecule has 0 amide bonds. The second-order valence-electron chi connectivity index (χ2n) is 5.91. The molecular weight excluding hydrogens is 288 g/mol. The van der Waals surface area contributed by atoms with E-state index in [2.05, 4.69) is 56.4 Å². The molecule has 2 aromatic heterocycles. The minimum atomic E-state index is 0.242. The van der Waals surface area contributed by atoms with Gasteiger partial charge in [-0.15, -0.1) is 0 Å². The minimum absolute atomic E-state index is 0.242. The van der Waals surface area contributed by atoms with Crippen LogP contribution in [0.25, 0.3) is 11.0 Å². The fourth-order valence-electron chi connectivity index (χ4n) is 3.05. The molecule has 0 spiro atoms. The summed E-state index contributed by atoms with van der Waals surface area (Å²) in [4.78, 5) is 8.80. The maximum atomic E-state index is 6.13. The summed E-state index contributed by atoms with van der Waals surface area (Å²) in [5.74, 6) is 0.703. The fraction of sp³-hybridized carbons (Fsp3) is 0.333. The molecular formula is C18H20N4O. The summed E-state index contributed by atoms with van der Waals surface area (Å²) in [6, 6.07) is 12.4. The third-order valence-electron chi connectivity index (χ3n) is 4.28. The van der Waals surface area contributed by atoms with Crippen molar-refractivity contribution in [3.05, 3.63) is 54.5 Å². The molecule has 1 saturated heterocycles. The van der Waals surface area contributed by atoms with Crippen molar-refractivity contribution in [3.63, 3.8) is 0 Å². The molecule has 5 nitrogen and oxygen atoms in total. The number of fused-ring (bicyclic) bond motifs is 1. The highest BCUT2D eigenvalue weighted by Crippen LogP contribution is 2.25. The smallest absolute Gasteiger partial charge is 0.226 e. The largest absolute Gasteiger partial charge is 0.474 e. The number of ether oxygens (including phenoxy) is 1. The highest BCUT2D eigenvalue weighted by molar-refractivity contribution is 5.81. The highest BCUT2D eigenvalue weighted by Gasteiger charge is 2.17. The Morgan fingerprint density at radius 1 is 1.09 bits per heavy atom. The normalized spacial score (nSPS) is 15.8. The Bertz CT molecular complexity index is 778. The van der Waals surface area contributed by atoms with Crippen molar-refractivity contribution in [2.45, 2.75) is 25.5 Å². The highest BCUT2D eigenvalue weighted by atomic mass is 16.5. The molecule has 0 aliphatic carbocycles. The second-order valence-corrected chi connectivity index (χ2v) is 5.91. The van der Waals surface area contributed by atoms with Gasteiger partial charge >= 0.3 is 0 Å². The monoisotopic (exact) mass is 308 g/mol. The van der Waals surface area contributed by atoms with Crippen molar-refractivity contribution in [2.24, 2.45) is 0 Å². The van der Waals surface area contributed by atoms with Crippen LogP contribution in [0.5, 0.6) is 5.88 Å². The van der Waals surface area contributed by atoms with Gasteiger partial charge in [-0.05, 0) is 37.6 Å². The molecule has 0 unspecified atom stereocenters. The topological polar surface area (TPSA) is 52.0 Å². The van der Waals surface area contributed by atoms with E-state index in [1.54, 1.807) is 6.33 Å². The molecule has 4 rings (SSSR count). The van der Waals surface area contributed by atoms with E-state index in [9.17, 15) is 0 Å². The number of benzene rings is 1. The van der Waals surface area contributed by atoms with Gasteiger partial charge in [-0.3, -0.25) is 0 Å². The summed E-state index contributed by atoms with van der Waals surface area (Å²) >= 11 is 0. The van der Waals surface area contributed by atoms with E-state index in [1.807, 2.05) is 6.07 Å². The maximum Gasteiger partial charge on any atom is 0.226 e. The van der Waals surface area contributed by atoms with E-state index < -0.39 is 0 Å². The summed E-state index contributed by atoms with van der Waals surface area (Å²) in [5, 5.41) is 4.34. The zero-order valence-electron chi connectivity index (χ0n) is 13.0. The molecule has 23 heavy (non-hydrogen) atoms. The number of aromatic nitrogens is 3. The SMILES string of the molecule is c1ccc(Cn2ccc3c(OC4CCNCC4)ncnc32)cc1. The average Bonchev–Trinajstić information content (AvgIpc) is 3.01. The van der Waals surface area contributed by atoms with Gasteiger partial charge in [-0.25, -0.2) is 9.97 Å². The average molecular weight is 308 g/mol. The maximum absolute atomic E-state index is 6.13. The Balaban J connectivity index is 1.61. The quantitative estimate of drug-likeness (QED) is 0.805. The zero-order chi connectivity index (χ0) is 15.5. The van der Waals surface area contributed by atoms with Crippen molar-refractivity contribution in [3.8, 4) is 5.88 Å². The molecule has 0 saturated carbocycles. The van der Waals surface area contributed by atoms with Crippen LogP contribution in [0.4, 0.5) is 0 Å². The van der Waals surface area contributed by atoms with Crippen LogP contribution in [0.2, 0.25) is 0 Å². The van der Waals surface area contributed by atoms with Crippen LogP contribution in [0.1, 0.15) is 18.4 Å². The lowest BCUT2D eigenvalue weighted by Gasteiger charge is -2.23. The number of piperidine rings is 1.